The van der Waals surface area contributed by atoms with Crippen molar-refractivity contribution in [2.75, 3.05) is 20.1 Å². The second-order valence-electron chi connectivity index (χ2n) is 11.2. The lowest BCUT2D eigenvalue weighted by molar-refractivity contribution is -0.122. The highest BCUT2D eigenvalue weighted by Crippen LogP contribution is 2.49. The van der Waals surface area contributed by atoms with Gasteiger partial charge in [0, 0.05) is 13.0 Å². The van der Waals surface area contributed by atoms with E-state index in [1.165, 1.54) is 19.3 Å². The van der Waals surface area contributed by atoms with E-state index in [4.69, 9.17) is 0 Å². The second kappa shape index (κ2) is 11.5. The van der Waals surface area contributed by atoms with Crippen LogP contribution in [0.3, 0.4) is 0 Å². The zero-order valence-corrected chi connectivity index (χ0v) is 19.7. The first-order chi connectivity index (χ1) is 13.0. The molecule has 1 aliphatic carbocycles. The first kappa shape index (κ1) is 25.4. The van der Waals surface area contributed by atoms with Crippen LogP contribution in [0.25, 0.3) is 0 Å². The van der Waals surface area contributed by atoms with Gasteiger partial charge in [-0.3, -0.25) is 4.79 Å². The Morgan fingerprint density at radius 2 is 1.39 bits per heavy atom. The number of hydrogen-bond donors (Lipinski definition) is 3. The molecule has 0 aliphatic heterocycles. The summed E-state index contributed by atoms with van der Waals surface area (Å²) in [6.07, 6.45) is 8.09. The molecule has 1 amide bonds. The third-order valence-corrected chi connectivity index (χ3v) is 6.68. The van der Waals surface area contributed by atoms with Crippen LogP contribution < -0.4 is 10.6 Å². The number of nitrogens with one attached hydrogen (secondary N) is 2. The maximum atomic E-state index is 12.3. The zero-order valence-electron chi connectivity index (χ0n) is 19.7. The number of rotatable bonds is 10. The van der Waals surface area contributed by atoms with Crippen molar-refractivity contribution in [2.45, 2.75) is 99.0 Å². The van der Waals surface area contributed by atoms with Gasteiger partial charge in [0.25, 0.3) is 0 Å². The van der Waals surface area contributed by atoms with Crippen LogP contribution in [0.2, 0.25) is 0 Å². The number of amides is 1. The van der Waals surface area contributed by atoms with Crippen LogP contribution in [0, 0.1) is 28.6 Å². The summed E-state index contributed by atoms with van der Waals surface area (Å²) in [4.78, 5) is 12.3. The average Bonchev–Trinajstić information content (AvgIpc) is 2.58. The van der Waals surface area contributed by atoms with Gasteiger partial charge >= 0.3 is 0 Å². The van der Waals surface area contributed by atoms with Crippen molar-refractivity contribution in [1.82, 2.24) is 10.6 Å². The number of carbonyl (C=O) groups is 1. The molecule has 0 aromatic rings. The Balaban J connectivity index is 2.44. The predicted octanol–water partition coefficient (Wildman–Crippen LogP) is 4.76. The molecule has 0 radical (unpaired) electrons. The largest absolute Gasteiger partial charge is 0.393 e. The molecule has 3 N–H and O–H groups in total. The van der Waals surface area contributed by atoms with Gasteiger partial charge in [-0.15, -0.1) is 0 Å². The van der Waals surface area contributed by atoms with E-state index in [1.54, 1.807) is 0 Å². The molecule has 0 aromatic carbocycles. The van der Waals surface area contributed by atoms with Crippen LogP contribution >= 0.6 is 0 Å². The Morgan fingerprint density at radius 1 is 0.893 bits per heavy atom. The summed E-state index contributed by atoms with van der Waals surface area (Å²) in [5.74, 6) is 1.33. The Bertz CT molecular complexity index is 427. The van der Waals surface area contributed by atoms with E-state index in [9.17, 15) is 9.90 Å². The average molecular weight is 397 g/mol. The molecular weight excluding hydrogens is 348 g/mol. The summed E-state index contributed by atoms with van der Waals surface area (Å²) >= 11 is 0. The van der Waals surface area contributed by atoms with Gasteiger partial charge in [-0.2, -0.15) is 0 Å². The Morgan fingerprint density at radius 3 is 1.86 bits per heavy atom. The van der Waals surface area contributed by atoms with E-state index >= 15 is 0 Å². The summed E-state index contributed by atoms with van der Waals surface area (Å²) < 4.78 is 0. The SMILES string of the molecule is CNCCCCCCNC(=O)CCC1CC(C(C)(C)C)C(O)C(C(C)(C)C)C1. The van der Waals surface area contributed by atoms with Crippen molar-refractivity contribution < 1.29 is 9.90 Å². The third-order valence-electron chi connectivity index (χ3n) is 6.68. The number of carbonyl (C=O) groups excluding carboxylic acids is 1. The lowest BCUT2D eigenvalue weighted by Crippen LogP contribution is -2.47. The Labute approximate surface area is 174 Å². The van der Waals surface area contributed by atoms with Gasteiger partial charge < -0.3 is 15.7 Å². The summed E-state index contributed by atoms with van der Waals surface area (Å²) in [5, 5.41) is 17.3. The molecule has 4 heteroatoms. The maximum absolute atomic E-state index is 12.3. The van der Waals surface area contributed by atoms with Crippen LogP contribution in [0.4, 0.5) is 0 Å². The van der Waals surface area contributed by atoms with Crippen molar-refractivity contribution in [3.05, 3.63) is 0 Å². The highest BCUT2D eigenvalue weighted by molar-refractivity contribution is 5.75. The van der Waals surface area contributed by atoms with E-state index in [0.717, 1.165) is 38.8 Å². The molecule has 0 spiro atoms. The van der Waals surface area contributed by atoms with Crippen LogP contribution in [0.5, 0.6) is 0 Å². The van der Waals surface area contributed by atoms with Crippen molar-refractivity contribution in [3.8, 4) is 0 Å². The summed E-state index contributed by atoms with van der Waals surface area (Å²) in [6, 6.07) is 0. The van der Waals surface area contributed by atoms with Gasteiger partial charge in [0.2, 0.25) is 5.91 Å². The van der Waals surface area contributed by atoms with Crippen LogP contribution in [-0.2, 0) is 4.79 Å². The quantitative estimate of drug-likeness (QED) is 0.467. The fourth-order valence-electron chi connectivity index (χ4n) is 4.77. The molecule has 2 atom stereocenters. The lowest BCUT2D eigenvalue weighted by Gasteiger charge is -2.49. The maximum Gasteiger partial charge on any atom is 0.220 e. The first-order valence-corrected chi connectivity index (χ1v) is 11.6. The third kappa shape index (κ3) is 8.82. The minimum absolute atomic E-state index is 0.0944. The summed E-state index contributed by atoms with van der Waals surface area (Å²) in [7, 11) is 1.99. The second-order valence-corrected chi connectivity index (χ2v) is 11.2. The first-order valence-electron chi connectivity index (χ1n) is 11.6. The van der Waals surface area contributed by atoms with Crippen molar-refractivity contribution in [3.63, 3.8) is 0 Å². The summed E-state index contributed by atoms with van der Waals surface area (Å²) in [6.45, 7) is 15.3. The standard InChI is InChI=1S/C24H48N2O2/c1-23(2,3)19-16-18(17-20(22(19)28)24(4,5)6)12-13-21(27)26-15-11-9-8-10-14-25-7/h18-20,22,25,28H,8-17H2,1-7H3,(H,26,27). The molecule has 0 bridgehead atoms. The van der Waals surface area contributed by atoms with E-state index in [-0.39, 0.29) is 22.8 Å². The fraction of sp³-hybridized carbons (Fsp3) is 0.958. The number of unbranched alkanes of at least 4 members (excludes halogenated alkanes) is 3. The number of hydrogen-bond acceptors (Lipinski definition) is 3. The summed E-state index contributed by atoms with van der Waals surface area (Å²) in [5.41, 5.74) is 0.189. The molecule has 2 unspecified atom stereocenters. The van der Waals surface area contributed by atoms with Gasteiger partial charge in [0.15, 0.2) is 0 Å². The highest BCUT2D eigenvalue weighted by Gasteiger charge is 2.45. The molecule has 4 nitrogen and oxygen atoms in total. The van der Waals surface area contributed by atoms with E-state index in [2.05, 4.69) is 52.2 Å². The molecule has 1 saturated carbocycles. The molecule has 0 aromatic heterocycles. The van der Waals surface area contributed by atoms with Crippen molar-refractivity contribution >= 4 is 5.91 Å². The Hall–Kier alpha value is -0.610. The van der Waals surface area contributed by atoms with Gasteiger partial charge in [-0.25, -0.2) is 0 Å². The van der Waals surface area contributed by atoms with Gasteiger partial charge in [-0.1, -0.05) is 54.4 Å². The van der Waals surface area contributed by atoms with Crippen LogP contribution in [-0.4, -0.2) is 37.3 Å². The zero-order chi connectivity index (χ0) is 21.4. The van der Waals surface area contributed by atoms with Gasteiger partial charge in [0.1, 0.15) is 0 Å². The molecule has 0 heterocycles. The lowest BCUT2D eigenvalue weighted by atomic mass is 9.58. The van der Waals surface area contributed by atoms with E-state index in [1.807, 2.05) is 7.05 Å². The molecule has 28 heavy (non-hydrogen) atoms. The highest BCUT2D eigenvalue weighted by atomic mass is 16.3. The van der Waals surface area contributed by atoms with Crippen molar-refractivity contribution in [1.29, 1.82) is 0 Å². The fourth-order valence-corrected chi connectivity index (χ4v) is 4.77. The number of aliphatic hydroxyl groups excluding tert-OH is 1. The number of aliphatic hydroxyl groups is 1. The van der Waals surface area contributed by atoms with Gasteiger partial charge in [0.05, 0.1) is 6.10 Å². The normalized spacial score (nSPS) is 26.3. The minimum atomic E-state index is -0.243. The molecule has 1 aliphatic rings. The smallest absolute Gasteiger partial charge is 0.220 e. The minimum Gasteiger partial charge on any atom is -0.393 e. The van der Waals surface area contributed by atoms with Crippen molar-refractivity contribution in [2.24, 2.45) is 28.6 Å². The molecular formula is C24H48N2O2. The molecule has 0 saturated heterocycles. The van der Waals surface area contributed by atoms with Gasteiger partial charge in [-0.05, 0) is 74.3 Å². The molecule has 166 valence electrons. The van der Waals surface area contributed by atoms with E-state index < -0.39 is 0 Å². The van der Waals surface area contributed by atoms with E-state index in [0.29, 0.717) is 24.2 Å². The Kier molecular flexibility index (Phi) is 10.5. The van der Waals surface area contributed by atoms with Crippen LogP contribution in [0.15, 0.2) is 0 Å². The predicted molar refractivity (Wildman–Crippen MR) is 119 cm³/mol. The monoisotopic (exact) mass is 396 g/mol. The molecule has 1 fully saturated rings. The molecule has 1 rings (SSSR count). The topological polar surface area (TPSA) is 61.4 Å². The van der Waals surface area contributed by atoms with Crippen LogP contribution in [0.1, 0.15) is 92.9 Å².